The third-order valence-corrected chi connectivity index (χ3v) is 1.82. The maximum atomic E-state index is 10.7. The fraction of sp³-hybridized carbons (Fsp3) is 0.333. The summed E-state index contributed by atoms with van der Waals surface area (Å²) in [4.78, 5) is 14.7. The van der Waals surface area contributed by atoms with E-state index < -0.39 is 5.97 Å². The number of carbonyl (C=O) groups is 1. The Kier molecular flexibility index (Phi) is 2.84. The van der Waals surface area contributed by atoms with Crippen molar-refractivity contribution in [2.24, 2.45) is 7.05 Å². The quantitative estimate of drug-likeness (QED) is 0.713. The van der Waals surface area contributed by atoms with Gasteiger partial charge >= 0.3 is 5.97 Å². The summed E-state index contributed by atoms with van der Waals surface area (Å²) in [5, 5.41) is 8.76. The maximum absolute atomic E-state index is 10.7. The van der Waals surface area contributed by atoms with Crippen molar-refractivity contribution in [3.8, 4) is 0 Å². The minimum Gasteiger partial charge on any atom is -0.478 e. The van der Waals surface area contributed by atoms with Crippen molar-refractivity contribution < 1.29 is 9.90 Å². The average Bonchev–Trinajstić information content (AvgIpc) is 2.46. The minimum absolute atomic E-state index is 0.370. The maximum Gasteiger partial charge on any atom is 0.331 e. The smallest absolute Gasteiger partial charge is 0.331 e. The lowest BCUT2D eigenvalue weighted by Crippen LogP contribution is -2.00. The standard InChI is InChI=1S/C9H12N2O2/c1-3-7(9(12)13)6-8-10-4-5-11(8)2/h4-6H,3H2,1-2H3,(H,12,13)/b7-6+. The highest BCUT2D eigenvalue weighted by Crippen LogP contribution is 2.07. The predicted octanol–water partition coefficient (Wildman–Crippen LogP) is 1.30. The van der Waals surface area contributed by atoms with Gasteiger partial charge in [0.1, 0.15) is 5.82 Å². The van der Waals surface area contributed by atoms with Crippen molar-refractivity contribution in [1.82, 2.24) is 9.55 Å². The molecule has 0 radical (unpaired) electrons. The Hall–Kier alpha value is -1.58. The second kappa shape index (κ2) is 3.89. The highest BCUT2D eigenvalue weighted by molar-refractivity contribution is 5.91. The normalized spacial score (nSPS) is 11.7. The van der Waals surface area contributed by atoms with E-state index >= 15 is 0 Å². The van der Waals surface area contributed by atoms with Crippen LogP contribution < -0.4 is 0 Å². The molecule has 0 unspecified atom stereocenters. The van der Waals surface area contributed by atoms with Crippen LogP contribution in [0.15, 0.2) is 18.0 Å². The van der Waals surface area contributed by atoms with E-state index in [-0.39, 0.29) is 0 Å². The molecule has 0 atom stereocenters. The summed E-state index contributed by atoms with van der Waals surface area (Å²) in [6, 6.07) is 0. The largest absolute Gasteiger partial charge is 0.478 e. The minimum atomic E-state index is -0.884. The summed E-state index contributed by atoms with van der Waals surface area (Å²) in [5.74, 6) is -0.218. The van der Waals surface area contributed by atoms with Gasteiger partial charge in [-0.2, -0.15) is 0 Å². The number of carboxylic acid groups (broad SMARTS) is 1. The number of carboxylic acids is 1. The molecule has 0 fully saturated rings. The highest BCUT2D eigenvalue weighted by Gasteiger charge is 2.05. The van der Waals surface area contributed by atoms with E-state index in [0.717, 1.165) is 0 Å². The zero-order valence-electron chi connectivity index (χ0n) is 7.69. The summed E-state index contributed by atoms with van der Waals surface area (Å²) < 4.78 is 1.78. The number of imidazole rings is 1. The number of hydrogen-bond donors (Lipinski definition) is 1. The Morgan fingerprint density at radius 2 is 2.46 bits per heavy atom. The number of aliphatic carboxylic acids is 1. The van der Waals surface area contributed by atoms with Gasteiger partial charge < -0.3 is 9.67 Å². The van der Waals surface area contributed by atoms with Crippen LogP contribution in [0.1, 0.15) is 19.2 Å². The van der Waals surface area contributed by atoms with Gasteiger partial charge in [0.05, 0.1) is 0 Å². The molecule has 0 aliphatic rings. The molecule has 0 aliphatic heterocycles. The van der Waals surface area contributed by atoms with E-state index in [4.69, 9.17) is 5.11 Å². The average molecular weight is 180 g/mol. The second-order valence-corrected chi connectivity index (χ2v) is 2.72. The van der Waals surface area contributed by atoms with Crippen molar-refractivity contribution in [3.05, 3.63) is 23.8 Å². The SMILES string of the molecule is CC/C(=C\c1nccn1C)C(=O)O. The van der Waals surface area contributed by atoms with Crippen LogP contribution in [0.4, 0.5) is 0 Å². The molecule has 1 aromatic heterocycles. The van der Waals surface area contributed by atoms with Crippen LogP contribution in [0, 0.1) is 0 Å². The van der Waals surface area contributed by atoms with Crippen LogP contribution in [0.5, 0.6) is 0 Å². The molecule has 0 bridgehead atoms. The Labute approximate surface area is 76.5 Å². The first-order valence-electron chi connectivity index (χ1n) is 4.06. The molecular weight excluding hydrogens is 168 g/mol. The van der Waals surface area contributed by atoms with Gasteiger partial charge in [-0.25, -0.2) is 9.78 Å². The predicted molar refractivity (Wildman–Crippen MR) is 49.1 cm³/mol. The molecule has 0 saturated heterocycles. The Morgan fingerprint density at radius 1 is 1.77 bits per heavy atom. The monoisotopic (exact) mass is 180 g/mol. The van der Waals surface area contributed by atoms with E-state index in [2.05, 4.69) is 4.98 Å². The highest BCUT2D eigenvalue weighted by atomic mass is 16.4. The number of rotatable bonds is 3. The molecule has 0 saturated carbocycles. The molecule has 0 aliphatic carbocycles. The molecular formula is C9H12N2O2. The summed E-state index contributed by atoms with van der Waals surface area (Å²) in [5.41, 5.74) is 0.370. The second-order valence-electron chi connectivity index (χ2n) is 2.72. The molecule has 13 heavy (non-hydrogen) atoms. The number of aryl methyl sites for hydroxylation is 1. The first-order valence-corrected chi connectivity index (χ1v) is 4.06. The molecule has 0 aromatic carbocycles. The summed E-state index contributed by atoms with van der Waals surface area (Å²) in [6.45, 7) is 1.81. The van der Waals surface area contributed by atoms with Crippen molar-refractivity contribution in [2.75, 3.05) is 0 Å². The van der Waals surface area contributed by atoms with Gasteiger partial charge in [-0.15, -0.1) is 0 Å². The topological polar surface area (TPSA) is 55.1 Å². The van der Waals surface area contributed by atoms with Crippen LogP contribution in [0.25, 0.3) is 6.08 Å². The fourth-order valence-corrected chi connectivity index (χ4v) is 0.987. The number of nitrogens with zero attached hydrogens (tertiary/aromatic N) is 2. The number of hydrogen-bond acceptors (Lipinski definition) is 2. The first-order chi connectivity index (χ1) is 6.15. The van der Waals surface area contributed by atoms with Gasteiger partial charge in [0.15, 0.2) is 0 Å². The van der Waals surface area contributed by atoms with Gasteiger partial charge in [-0.1, -0.05) is 6.92 Å². The third kappa shape index (κ3) is 2.18. The zero-order valence-corrected chi connectivity index (χ0v) is 7.69. The van der Waals surface area contributed by atoms with Crippen molar-refractivity contribution >= 4 is 12.0 Å². The van der Waals surface area contributed by atoms with Crippen LogP contribution in [-0.2, 0) is 11.8 Å². The molecule has 0 spiro atoms. The fourth-order valence-electron chi connectivity index (χ4n) is 0.987. The lowest BCUT2D eigenvalue weighted by atomic mass is 10.2. The summed E-state index contributed by atoms with van der Waals surface area (Å²) in [6.07, 6.45) is 5.51. The van der Waals surface area contributed by atoms with Crippen molar-refractivity contribution in [2.45, 2.75) is 13.3 Å². The van der Waals surface area contributed by atoms with Gasteiger partial charge in [-0.3, -0.25) is 0 Å². The molecule has 1 aromatic rings. The van der Waals surface area contributed by atoms with Crippen molar-refractivity contribution in [1.29, 1.82) is 0 Å². The summed E-state index contributed by atoms with van der Waals surface area (Å²) >= 11 is 0. The molecule has 0 amide bonds. The van der Waals surface area contributed by atoms with Gasteiger partial charge in [0.25, 0.3) is 0 Å². The molecule has 4 nitrogen and oxygen atoms in total. The lowest BCUT2D eigenvalue weighted by Gasteiger charge is -1.98. The molecule has 1 rings (SSSR count). The molecule has 1 N–H and O–H groups in total. The first kappa shape index (κ1) is 9.51. The third-order valence-electron chi connectivity index (χ3n) is 1.82. The Bertz CT molecular complexity index is 339. The Morgan fingerprint density at radius 3 is 2.85 bits per heavy atom. The van der Waals surface area contributed by atoms with Crippen LogP contribution in [0.3, 0.4) is 0 Å². The zero-order chi connectivity index (χ0) is 9.84. The van der Waals surface area contributed by atoms with Gasteiger partial charge in [0, 0.05) is 25.0 Å². The summed E-state index contributed by atoms with van der Waals surface area (Å²) in [7, 11) is 1.83. The lowest BCUT2D eigenvalue weighted by molar-refractivity contribution is -0.132. The van der Waals surface area contributed by atoms with E-state index in [1.807, 2.05) is 14.0 Å². The van der Waals surface area contributed by atoms with E-state index in [1.165, 1.54) is 0 Å². The van der Waals surface area contributed by atoms with Crippen LogP contribution in [-0.4, -0.2) is 20.6 Å². The van der Waals surface area contributed by atoms with Crippen LogP contribution in [0.2, 0.25) is 0 Å². The number of aromatic nitrogens is 2. The van der Waals surface area contributed by atoms with Crippen molar-refractivity contribution in [3.63, 3.8) is 0 Å². The van der Waals surface area contributed by atoms with E-state index in [1.54, 1.807) is 23.0 Å². The molecule has 1 heterocycles. The van der Waals surface area contributed by atoms with Crippen LogP contribution >= 0.6 is 0 Å². The van der Waals surface area contributed by atoms with Gasteiger partial charge in [-0.05, 0) is 12.5 Å². The van der Waals surface area contributed by atoms with E-state index in [9.17, 15) is 4.79 Å². The van der Waals surface area contributed by atoms with E-state index in [0.29, 0.717) is 17.8 Å². The molecule has 70 valence electrons. The molecule has 4 heteroatoms. The van der Waals surface area contributed by atoms with Gasteiger partial charge in [0.2, 0.25) is 0 Å². The Balaban J connectivity index is 2.98.